The summed E-state index contributed by atoms with van der Waals surface area (Å²) in [7, 11) is 0. The Labute approximate surface area is 158 Å². The van der Waals surface area contributed by atoms with Gasteiger partial charge in [-0.05, 0) is 45.0 Å². The van der Waals surface area contributed by atoms with Crippen LogP contribution in [0.15, 0.2) is 29.4 Å². The van der Waals surface area contributed by atoms with Crippen molar-refractivity contribution in [3.63, 3.8) is 0 Å². The summed E-state index contributed by atoms with van der Waals surface area (Å²) in [4.78, 5) is 12.3. The smallest absolute Gasteiger partial charge is 0.239 e. The monoisotopic (exact) mass is 392 g/mol. The molecule has 1 amide bonds. The minimum atomic E-state index is -0.394. The Balaban J connectivity index is 1.75. The molecule has 26 heavy (non-hydrogen) atoms. The third kappa shape index (κ3) is 4.07. The highest BCUT2D eigenvalue weighted by molar-refractivity contribution is 8.00. The summed E-state index contributed by atoms with van der Waals surface area (Å²) >= 11 is 2.63. The first-order valence-corrected chi connectivity index (χ1v) is 9.64. The van der Waals surface area contributed by atoms with Crippen molar-refractivity contribution in [3.05, 3.63) is 35.1 Å². The van der Waals surface area contributed by atoms with Crippen LogP contribution in [-0.2, 0) is 11.3 Å². The number of nitrogens with one attached hydrogen (secondary N) is 1. The van der Waals surface area contributed by atoms with Gasteiger partial charge in [-0.3, -0.25) is 10.1 Å². The lowest BCUT2D eigenvalue weighted by Crippen LogP contribution is -2.22. The molecule has 0 radical (unpaired) electrons. The van der Waals surface area contributed by atoms with Crippen LogP contribution in [0, 0.1) is 12.7 Å². The van der Waals surface area contributed by atoms with Crippen LogP contribution in [0.4, 0.5) is 9.52 Å². The third-order valence-corrected chi connectivity index (χ3v) is 5.38. The van der Waals surface area contributed by atoms with Gasteiger partial charge < -0.3 is 4.57 Å². The number of aromatic nitrogens is 5. The quantitative estimate of drug-likeness (QED) is 0.647. The summed E-state index contributed by atoms with van der Waals surface area (Å²) in [5, 5.41) is 20.4. The first kappa shape index (κ1) is 18.5. The van der Waals surface area contributed by atoms with Crippen molar-refractivity contribution in [2.45, 2.75) is 37.7 Å². The Morgan fingerprint density at radius 2 is 2.00 bits per heavy atom. The van der Waals surface area contributed by atoms with Gasteiger partial charge in [-0.15, -0.1) is 20.4 Å². The SMILES string of the molecule is CCn1c(S[C@@H](C)C(=O)Nc2nnc(C)s2)nnc1-c1ccc(F)cc1. The molecule has 0 spiro atoms. The van der Waals surface area contributed by atoms with Crippen molar-refractivity contribution in [2.24, 2.45) is 0 Å². The lowest BCUT2D eigenvalue weighted by molar-refractivity contribution is -0.115. The maximum Gasteiger partial charge on any atom is 0.239 e. The van der Waals surface area contributed by atoms with Gasteiger partial charge in [0, 0.05) is 12.1 Å². The number of rotatable bonds is 6. The van der Waals surface area contributed by atoms with Crippen LogP contribution in [-0.4, -0.2) is 36.1 Å². The van der Waals surface area contributed by atoms with E-state index in [1.807, 2.05) is 18.4 Å². The van der Waals surface area contributed by atoms with Crippen LogP contribution in [0.1, 0.15) is 18.9 Å². The van der Waals surface area contributed by atoms with Gasteiger partial charge in [-0.1, -0.05) is 23.1 Å². The number of thioether (sulfide) groups is 1. The fraction of sp³-hybridized carbons (Fsp3) is 0.312. The molecule has 2 aromatic heterocycles. The average Bonchev–Trinajstić information content (AvgIpc) is 3.21. The highest BCUT2D eigenvalue weighted by Crippen LogP contribution is 2.27. The number of benzene rings is 1. The molecular weight excluding hydrogens is 375 g/mol. The van der Waals surface area contributed by atoms with E-state index in [9.17, 15) is 9.18 Å². The lowest BCUT2D eigenvalue weighted by atomic mass is 10.2. The van der Waals surface area contributed by atoms with Crippen LogP contribution in [0.2, 0.25) is 0 Å². The Hall–Kier alpha value is -2.33. The molecule has 0 aliphatic rings. The number of hydrogen-bond donors (Lipinski definition) is 1. The van der Waals surface area contributed by atoms with E-state index in [4.69, 9.17) is 0 Å². The molecule has 3 rings (SSSR count). The lowest BCUT2D eigenvalue weighted by Gasteiger charge is -2.11. The summed E-state index contributed by atoms with van der Waals surface area (Å²) in [6.07, 6.45) is 0. The minimum absolute atomic E-state index is 0.180. The molecule has 1 atom stereocenters. The number of nitrogens with zero attached hydrogens (tertiary/aromatic N) is 5. The first-order valence-electron chi connectivity index (χ1n) is 7.94. The summed E-state index contributed by atoms with van der Waals surface area (Å²) in [5.41, 5.74) is 0.772. The maximum atomic E-state index is 13.1. The standard InChI is InChI=1S/C16H17FN6OS2/c1-4-23-13(11-5-7-12(17)8-6-11)20-22-16(23)25-9(2)14(24)18-15-21-19-10(3)26-15/h5-9H,4H2,1-3H3,(H,18,21,24)/t9-/m0/s1. The number of carbonyl (C=O) groups excluding carboxylic acids is 1. The predicted octanol–water partition coefficient (Wildman–Crippen LogP) is 3.38. The second-order valence-corrected chi connectivity index (χ2v) is 7.92. The second-order valence-electron chi connectivity index (χ2n) is 5.43. The van der Waals surface area contributed by atoms with Crippen molar-refractivity contribution in [1.82, 2.24) is 25.0 Å². The van der Waals surface area contributed by atoms with Gasteiger partial charge in [0.05, 0.1) is 5.25 Å². The molecule has 1 N–H and O–H groups in total. The predicted molar refractivity (Wildman–Crippen MR) is 99.7 cm³/mol. The molecule has 0 fully saturated rings. The Kier molecular flexibility index (Phi) is 5.62. The van der Waals surface area contributed by atoms with Crippen LogP contribution in [0.5, 0.6) is 0 Å². The topological polar surface area (TPSA) is 85.6 Å². The molecule has 0 unspecified atom stereocenters. The second kappa shape index (κ2) is 7.92. The Morgan fingerprint density at radius 1 is 1.27 bits per heavy atom. The van der Waals surface area contributed by atoms with Crippen LogP contribution >= 0.6 is 23.1 Å². The van der Waals surface area contributed by atoms with E-state index in [1.165, 1.54) is 35.2 Å². The van der Waals surface area contributed by atoms with Gasteiger partial charge in [0.1, 0.15) is 10.8 Å². The molecule has 2 heterocycles. The number of amides is 1. The minimum Gasteiger partial charge on any atom is -0.302 e. The van der Waals surface area contributed by atoms with Crippen molar-refractivity contribution >= 4 is 34.1 Å². The largest absolute Gasteiger partial charge is 0.302 e. The summed E-state index contributed by atoms with van der Waals surface area (Å²) in [6.45, 7) is 6.22. The maximum absolute atomic E-state index is 13.1. The van der Waals surface area contributed by atoms with E-state index in [2.05, 4.69) is 25.7 Å². The van der Waals surface area contributed by atoms with Crippen molar-refractivity contribution < 1.29 is 9.18 Å². The highest BCUT2D eigenvalue weighted by Gasteiger charge is 2.21. The third-order valence-electron chi connectivity index (χ3n) is 3.54. The normalized spacial score (nSPS) is 12.2. The fourth-order valence-corrected chi connectivity index (χ4v) is 3.75. The van der Waals surface area contributed by atoms with Gasteiger partial charge in [0.2, 0.25) is 11.0 Å². The molecule has 1 aromatic carbocycles. The van der Waals surface area contributed by atoms with Gasteiger partial charge >= 0.3 is 0 Å². The number of hydrogen-bond acceptors (Lipinski definition) is 7. The van der Waals surface area contributed by atoms with E-state index in [0.717, 1.165) is 10.6 Å². The highest BCUT2D eigenvalue weighted by atomic mass is 32.2. The van der Waals surface area contributed by atoms with Crippen molar-refractivity contribution in [1.29, 1.82) is 0 Å². The number of aryl methyl sites for hydroxylation is 1. The zero-order chi connectivity index (χ0) is 18.7. The summed E-state index contributed by atoms with van der Waals surface area (Å²) in [5.74, 6) is 0.158. The molecule has 0 aliphatic heterocycles. The molecule has 7 nitrogen and oxygen atoms in total. The molecular formula is C16H17FN6OS2. The van der Waals surface area contributed by atoms with Crippen LogP contribution in [0.25, 0.3) is 11.4 Å². The van der Waals surface area contributed by atoms with E-state index in [1.54, 1.807) is 19.1 Å². The van der Waals surface area contributed by atoms with E-state index < -0.39 is 5.25 Å². The fourth-order valence-electron chi connectivity index (χ4n) is 2.24. The van der Waals surface area contributed by atoms with Crippen LogP contribution in [0.3, 0.4) is 0 Å². The molecule has 0 saturated heterocycles. The van der Waals surface area contributed by atoms with Gasteiger partial charge in [0.15, 0.2) is 11.0 Å². The first-order chi connectivity index (χ1) is 12.5. The molecule has 0 aliphatic carbocycles. The zero-order valence-electron chi connectivity index (χ0n) is 14.4. The van der Waals surface area contributed by atoms with Crippen molar-refractivity contribution in [2.75, 3.05) is 5.32 Å². The molecule has 136 valence electrons. The summed E-state index contributed by atoms with van der Waals surface area (Å²) < 4.78 is 15.0. The number of carbonyl (C=O) groups is 1. The van der Waals surface area contributed by atoms with E-state index in [-0.39, 0.29) is 11.7 Å². The van der Waals surface area contributed by atoms with E-state index in [0.29, 0.717) is 22.7 Å². The molecule has 0 bridgehead atoms. The molecule has 3 aromatic rings. The summed E-state index contributed by atoms with van der Waals surface area (Å²) in [6, 6.07) is 6.09. The van der Waals surface area contributed by atoms with E-state index >= 15 is 0 Å². The average molecular weight is 392 g/mol. The number of anilines is 1. The Bertz CT molecular complexity index is 908. The van der Waals surface area contributed by atoms with Gasteiger partial charge in [-0.2, -0.15) is 0 Å². The zero-order valence-corrected chi connectivity index (χ0v) is 16.1. The molecule has 10 heteroatoms. The van der Waals surface area contributed by atoms with Crippen molar-refractivity contribution in [3.8, 4) is 11.4 Å². The number of halogens is 1. The van der Waals surface area contributed by atoms with Gasteiger partial charge in [0.25, 0.3) is 0 Å². The van der Waals surface area contributed by atoms with Crippen LogP contribution < -0.4 is 5.32 Å². The Morgan fingerprint density at radius 3 is 2.62 bits per heavy atom. The molecule has 0 saturated carbocycles. The van der Waals surface area contributed by atoms with Gasteiger partial charge in [-0.25, -0.2) is 4.39 Å².